The number of hydrogen-bond acceptors (Lipinski definition) is 11. The molecule has 0 aliphatic rings. The van der Waals surface area contributed by atoms with Crippen LogP contribution >= 0.6 is 0 Å². The lowest BCUT2D eigenvalue weighted by molar-refractivity contribution is -0.145. The van der Waals surface area contributed by atoms with Crippen LogP contribution in [0.2, 0.25) is 0 Å². The van der Waals surface area contributed by atoms with E-state index in [2.05, 4.69) is 16.0 Å². The molecular weight excluding hydrogens is 576 g/mol. The lowest BCUT2D eigenvalue weighted by atomic mass is 10.0. The summed E-state index contributed by atoms with van der Waals surface area (Å²) in [6, 6.07) is -3.18. The van der Waals surface area contributed by atoms with Gasteiger partial charge >= 0.3 is 11.9 Å². The summed E-state index contributed by atoms with van der Waals surface area (Å²) < 4.78 is 0. The van der Waals surface area contributed by atoms with Gasteiger partial charge in [-0.1, -0.05) is 12.1 Å². The van der Waals surface area contributed by atoms with Crippen molar-refractivity contribution < 1.29 is 59.1 Å². The maximum atomic E-state index is 13.2. The maximum Gasteiger partial charge on any atom is 0.328 e. The van der Waals surface area contributed by atoms with E-state index in [4.69, 9.17) is 11.5 Å². The summed E-state index contributed by atoms with van der Waals surface area (Å²) in [7, 11) is 0. The molecule has 0 saturated heterocycles. The van der Waals surface area contributed by atoms with Gasteiger partial charge in [0.1, 0.15) is 29.9 Å². The second-order valence-electron chi connectivity index (χ2n) is 9.65. The Bertz CT molecular complexity index is 1190. The number of hydrogen-bond donors (Lipinski definition) is 11. The number of carbonyl (C=O) groups excluding carboxylic acids is 5. The molecule has 0 unspecified atom stereocenters. The van der Waals surface area contributed by atoms with Crippen LogP contribution in [0.4, 0.5) is 0 Å². The van der Waals surface area contributed by atoms with Crippen LogP contribution in [-0.2, 0) is 40.0 Å². The largest absolute Gasteiger partial charge is 0.508 e. The number of phenols is 1. The maximum absolute atomic E-state index is 13.2. The van der Waals surface area contributed by atoms with Crippen LogP contribution in [0.3, 0.4) is 0 Å². The number of aliphatic hydroxyl groups is 2. The molecule has 0 aliphatic carbocycles. The summed E-state index contributed by atoms with van der Waals surface area (Å²) in [5.41, 5.74) is 11.1. The van der Waals surface area contributed by atoms with Crippen molar-refractivity contribution in [2.75, 3.05) is 0 Å². The predicted molar refractivity (Wildman–Crippen MR) is 145 cm³/mol. The molecule has 0 bridgehead atoms. The second-order valence-corrected chi connectivity index (χ2v) is 9.65. The molecule has 0 saturated carbocycles. The number of carboxylic acids is 2. The van der Waals surface area contributed by atoms with Crippen molar-refractivity contribution in [1.29, 1.82) is 0 Å². The molecule has 1 aromatic carbocycles. The van der Waals surface area contributed by atoms with Crippen LogP contribution in [0.5, 0.6) is 5.75 Å². The van der Waals surface area contributed by atoms with Crippen LogP contribution in [-0.4, -0.2) is 109 Å². The second kappa shape index (κ2) is 16.6. The molecule has 18 nitrogen and oxygen atoms in total. The third-order valence-corrected chi connectivity index (χ3v) is 5.93. The highest BCUT2D eigenvalue weighted by Crippen LogP contribution is 2.12. The standard InChI is InChI=1S/C25H36N6O12/c1-10(32)19(27)24(41)30-16(9-18(36)37)22(39)29-15(8-17(26)35)21(38)28-14(7-12-3-5-13(34)6-4-12)23(40)31-20(11(2)33)25(42)43/h3-6,10-11,14-16,19-20,32-34H,7-9,27H2,1-2H3,(H2,26,35)(H,28,38)(H,29,39)(H,30,41)(H,31,40)(H,36,37)(H,42,43)/t10-,11-,14+,15+,16+,19+,20+/m1/s1. The molecule has 7 atom stereocenters. The van der Waals surface area contributed by atoms with Crippen LogP contribution < -0.4 is 32.7 Å². The number of aromatic hydroxyl groups is 1. The summed E-state index contributed by atoms with van der Waals surface area (Å²) in [6.07, 6.45) is -5.05. The number of rotatable bonds is 17. The van der Waals surface area contributed by atoms with E-state index >= 15 is 0 Å². The first-order valence-corrected chi connectivity index (χ1v) is 12.8. The first-order chi connectivity index (χ1) is 19.9. The lowest BCUT2D eigenvalue weighted by Crippen LogP contribution is -2.60. The topological polar surface area (TPSA) is 321 Å². The molecule has 1 aromatic rings. The van der Waals surface area contributed by atoms with E-state index in [1.165, 1.54) is 31.2 Å². The van der Waals surface area contributed by atoms with Crippen molar-refractivity contribution >= 4 is 41.5 Å². The van der Waals surface area contributed by atoms with Crippen molar-refractivity contribution in [1.82, 2.24) is 21.3 Å². The fourth-order valence-electron chi connectivity index (χ4n) is 3.55. The number of carbonyl (C=O) groups is 7. The zero-order valence-electron chi connectivity index (χ0n) is 23.2. The highest BCUT2D eigenvalue weighted by atomic mass is 16.4. The van der Waals surface area contributed by atoms with Gasteiger partial charge in [-0.15, -0.1) is 0 Å². The molecule has 13 N–H and O–H groups in total. The average molecular weight is 613 g/mol. The van der Waals surface area contributed by atoms with Crippen LogP contribution in [0, 0.1) is 0 Å². The predicted octanol–water partition coefficient (Wildman–Crippen LogP) is -4.60. The summed E-state index contributed by atoms with van der Waals surface area (Å²) in [4.78, 5) is 85.9. The van der Waals surface area contributed by atoms with Gasteiger partial charge in [0.15, 0.2) is 6.04 Å². The molecule has 1 rings (SSSR count). The normalized spacial score (nSPS) is 15.7. The number of benzene rings is 1. The number of phenolic OH excluding ortho intramolecular Hbond substituents is 1. The molecule has 5 amide bonds. The Labute approximate surface area is 244 Å². The monoisotopic (exact) mass is 612 g/mol. The molecule has 43 heavy (non-hydrogen) atoms. The van der Waals surface area contributed by atoms with E-state index in [-0.39, 0.29) is 12.2 Å². The highest BCUT2D eigenvalue weighted by Gasteiger charge is 2.34. The number of aliphatic carboxylic acids is 2. The van der Waals surface area contributed by atoms with Gasteiger partial charge in [-0.25, -0.2) is 4.79 Å². The van der Waals surface area contributed by atoms with E-state index in [0.29, 0.717) is 5.56 Å². The van der Waals surface area contributed by atoms with Gasteiger partial charge in [0.25, 0.3) is 0 Å². The molecule has 0 aliphatic heterocycles. The van der Waals surface area contributed by atoms with Gasteiger partial charge in [0, 0.05) is 6.42 Å². The Morgan fingerprint density at radius 2 is 1.19 bits per heavy atom. The van der Waals surface area contributed by atoms with Crippen molar-refractivity contribution in [2.45, 2.75) is 75.5 Å². The minimum Gasteiger partial charge on any atom is -0.508 e. The Hall–Kier alpha value is -4.81. The highest BCUT2D eigenvalue weighted by molar-refractivity contribution is 5.98. The third-order valence-electron chi connectivity index (χ3n) is 5.93. The smallest absolute Gasteiger partial charge is 0.328 e. The Kier molecular flexibility index (Phi) is 14.0. The SMILES string of the molecule is C[C@@H](O)[C@H](N)C(=O)N[C@@H](CC(=O)O)C(=O)N[C@@H](CC(N)=O)C(=O)N[C@@H](Cc1ccc(O)cc1)C(=O)N[C@H](C(=O)O)[C@@H](C)O. The number of carboxylic acid groups (broad SMARTS) is 2. The fourth-order valence-corrected chi connectivity index (χ4v) is 3.55. The Morgan fingerprint density at radius 1 is 0.721 bits per heavy atom. The fraction of sp³-hybridized carbons (Fsp3) is 0.480. The molecule has 0 spiro atoms. The van der Waals surface area contributed by atoms with E-state index in [1.54, 1.807) is 0 Å². The molecule has 0 aromatic heterocycles. The Balaban J connectivity index is 3.29. The molecular formula is C25H36N6O12. The summed E-state index contributed by atoms with van der Waals surface area (Å²) >= 11 is 0. The zero-order valence-corrected chi connectivity index (χ0v) is 23.2. The van der Waals surface area contributed by atoms with Gasteiger partial charge in [0.2, 0.25) is 29.5 Å². The van der Waals surface area contributed by atoms with Crippen LogP contribution in [0.15, 0.2) is 24.3 Å². The van der Waals surface area contributed by atoms with Gasteiger partial charge in [-0.2, -0.15) is 0 Å². The van der Waals surface area contributed by atoms with E-state index < -0.39 is 96.7 Å². The summed E-state index contributed by atoms with van der Waals surface area (Å²) in [5, 5.41) is 55.7. The number of aliphatic hydroxyl groups excluding tert-OH is 2. The van der Waals surface area contributed by atoms with E-state index in [9.17, 15) is 59.1 Å². The average Bonchev–Trinajstić information content (AvgIpc) is 2.89. The number of primary amides is 1. The van der Waals surface area contributed by atoms with Crippen molar-refractivity contribution in [3.05, 3.63) is 29.8 Å². The van der Waals surface area contributed by atoms with Crippen molar-refractivity contribution in [3.8, 4) is 5.75 Å². The van der Waals surface area contributed by atoms with Gasteiger partial charge in [0.05, 0.1) is 25.0 Å². The van der Waals surface area contributed by atoms with Crippen molar-refractivity contribution in [3.63, 3.8) is 0 Å². The summed E-state index contributed by atoms with van der Waals surface area (Å²) in [5.74, 6) is -8.96. The zero-order chi connectivity index (χ0) is 33.0. The first-order valence-electron chi connectivity index (χ1n) is 12.8. The molecule has 18 heteroatoms. The van der Waals surface area contributed by atoms with Gasteiger partial charge < -0.3 is 58.3 Å². The third kappa shape index (κ3) is 12.3. The van der Waals surface area contributed by atoms with Crippen LogP contribution in [0.1, 0.15) is 32.3 Å². The lowest BCUT2D eigenvalue weighted by Gasteiger charge is -2.26. The molecule has 0 fully saturated rings. The van der Waals surface area contributed by atoms with Gasteiger partial charge in [-0.05, 0) is 31.5 Å². The van der Waals surface area contributed by atoms with E-state index in [1.807, 2.05) is 5.32 Å². The van der Waals surface area contributed by atoms with E-state index in [0.717, 1.165) is 6.92 Å². The van der Waals surface area contributed by atoms with Crippen LogP contribution in [0.25, 0.3) is 0 Å². The summed E-state index contributed by atoms with van der Waals surface area (Å²) in [6.45, 7) is 2.28. The quantitative estimate of drug-likeness (QED) is 0.0790. The molecule has 0 radical (unpaired) electrons. The number of nitrogens with two attached hydrogens (primary N) is 2. The van der Waals surface area contributed by atoms with Crippen molar-refractivity contribution in [2.24, 2.45) is 11.5 Å². The van der Waals surface area contributed by atoms with Gasteiger partial charge in [-0.3, -0.25) is 28.8 Å². The minimum absolute atomic E-state index is 0.115. The first kappa shape index (κ1) is 36.2. The molecule has 238 valence electrons. The number of nitrogens with one attached hydrogen (secondary N) is 4. The minimum atomic E-state index is -1.82. The number of amides is 5. The Morgan fingerprint density at radius 3 is 1.63 bits per heavy atom. The molecule has 0 heterocycles.